The molecule has 0 atom stereocenters. The van der Waals surface area contributed by atoms with Crippen LogP contribution in [0.5, 0.6) is 0 Å². The first kappa shape index (κ1) is 26.9. The predicted molar refractivity (Wildman–Crippen MR) is 145 cm³/mol. The molecule has 5 rings (SSSR count). The zero-order valence-electron chi connectivity index (χ0n) is 22.3. The number of rotatable bonds is 7. The van der Waals surface area contributed by atoms with Gasteiger partial charge in [-0.1, -0.05) is 31.2 Å². The van der Waals surface area contributed by atoms with E-state index < -0.39 is 17.6 Å². The third kappa shape index (κ3) is 5.98. The maximum absolute atomic E-state index is 14.0. The fraction of sp³-hybridized carbons (Fsp3) is 0.429. The second-order valence-corrected chi connectivity index (χ2v) is 10.6. The average Bonchev–Trinajstić information content (AvgIpc) is 3.52. The van der Waals surface area contributed by atoms with Gasteiger partial charge in [0.1, 0.15) is 0 Å². The first-order valence-electron chi connectivity index (χ1n) is 13.1. The van der Waals surface area contributed by atoms with E-state index in [0.29, 0.717) is 17.8 Å². The topological polar surface area (TPSA) is 78.7 Å². The summed E-state index contributed by atoms with van der Waals surface area (Å²) in [5.41, 5.74) is 2.44. The average molecular weight is 540 g/mol. The Balaban J connectivity index is 1.53. The molecule has 1 saturated heterocycles. The fourth-order valence-corrected chi connectivity index (χ4v) is 5.23. The minimum atomic E-state index is -4.59. The highest BCUT2D eigenvalue weighted by molar-refractivity contribution is 6.17. The predicted octanol–water partition coefficient (Wildman–Crippen LogP) is 5.44. The molecule has 2 aliphatic rings. The number of aliphatic imine (C=N–C) groups is 1. The first-order valence-corrected chi connectivity index (χ1v) is 13.1. The summed E-state index contributed by atoms with van der Waals surface area (Å²) in [6.07, 6.45) is -0.544. The van der Waals surface area contributed by atoms with Crippen molar-refractivity contribution >= 4 is 28.7 Å². The van der Waals surface area contributed by atoms with E-state index >= 15 is 0 Å². The Morgan fingerprint density at radius 3 is 2.62 bits per heavy atom. The monoisotopic (exact) mass is 539 g/mol. The van der Waals surface area contributed by atoms with Gasteiger partial charge in [-0.05, 0) is 61.7 Å². The lowest BCUT2D eigenvalue weighted by Gasteiger charge is -2.26. The molecule has 3 heterocycles. The van der Waals surface area contributed by atoms with E-state index in [0.717, 1.165) is 37.1 Å². The van der Waals surface area contributed by atoms with Crippen LogP contribution in [0.1, 0.15) is 49.9 Å². The number of alkyl halides is 3. The van der Waals surface area contributed by atoms with Crippen LogP contribution in [-0.4, -0.2) is 58.2 Å². The second kappa shape index (κ2) is 10.8. The third-order valence-corrected chi connectivity index (χ3v) is 6.96. The van der Waals surface area contributed by atoms with Crippen molar-refractivity contribution in [3.8, 4) is 5.69 Å². The second-order valence-electron chi connectivity index (χ2n) is 10.6. The Bertz CT molecular complexity index is 1390. The first-order chi connectivity index (χ1) is 18.6. The zero-order valence-corrected chi connectivity index (χ0v) is 22.3. The van der Waals surface area contributed by atoms with Gasteiger partial charge in [-0.25, -0.2) is 4.68 Å². The summed E-state index contributed by atoms with van der Waals surface area (Å²) in [5.74, 6) is -0.270. The number of nitrogens with zero attached hydrogens (tertiary/aromatic N) is 6. The summed E-state index contributed by atoms with van der Waals surface area (Å²) in [4.78, 5) is 21.5. The summed E-state index contributed by atoms with van der Waals surface area (Å²) >= 11 is 0. The molecule has 0 saturated carbocycles. The maximum Gasteiger partial charge on any atom is 0.418 e. The lowest BCUT2D eigenvalue weighted by molar-refractivity contribution is -0.137. The number of amides is 1. The minimum Gasteiger partial charge on any atom is -0.374 e. The van der Waals surface area contributed by atoms with Crippen LogP contribution in [0.25, 0.3) is 5.69 Å². The Morgan fingerprint density at radius 1 is 1.13 bits per heavy atom. The van der Waals surface area contributed by atoms with Crippen molar-refractivity contribution in [2.24, 2.45) is 10.9 Å². The van der Waals surface area contributed by atoms with Gasteiger partial charge in [0.25, 0.3) is 0 Å². The van der Waals surface area contributed by atoms with Crippen LogP contribution in [0.15, 0.2) is 47.6 Å². The van der Waals surface area contributed by atoms with Gasteiger partial charge in [0.2, 0.25) is 5.91 Å². The Morgan fingerprint density at radius 2 is 1.90 bits per heavy atom. The highest BCUT2D eigenvalue weighted by Gasteiger charge is 2.36. The van der Waals surface area contributed by atoms with E-state index in [4.69, 9.17) is 4.99 Å². The van der Waals surface area contributed by atoms with Crippen LogP contribution in [0.2, 0.25) is 0 Å². The Kier molecular flexibility index (Phi) is 7.44. The van der Waals surface area contributed by atoms with Crippen molar-refractivity contribution in [3.63, 3.8) is 0 Å². The molecule has 8 nitrogen and oxygen atoms in total. The molecule has 1 aromatic heterocycles. The summed E-state index contributed by atoms with van der Waals surface area (Å²) in [6.45, 7) is 7.15. The lowest BCUT2D eigenvalue weighted by Crippen LogP contribution is -2.25. The Hall–Kier alpha value is -3.73. The van der Waals surface area contributed by atoms with Crippen LogP contribution in [0.4, 0.5) is 30.2 Å². The maximum atomic E-state index is 14.0. The molecule has 3 aromatic rings. The minimum absolute atomic E-state index is 0.0251. The van der Waals surface area contributed by atoms with Crippen LogP contribution in [-0.2, 0) is 17.5 Å². The van der Waals surface area contributed by atoms with E-state index in [1.165, 1.54) is 18.9 Å². The molecule has 1 amide bonds. The molecule has 1 fully saturated rings. The number of fused-ring (bicyclic) bond motifs is 1. The quantitative estimate of drug-likeness (QED) is 0.433. The molecular weight excluding hydrogens is 507 g/mol. The molecule has 0 aliphatic carbocycles. The molecule has 2 aliphatic heterocycles. The number of likely N-dealkylation sites (tertiary alicyclic amines) is 1. The lowest BCUT2D eigenvalue weighted by atomic mass is 10.1. The van der Waals surface area contributed by atoms with Gasteiger partial charge in [0.05, 0.1) is 52.3 Å². The van der Waals surface area contributed by atoms with Gasteiger partial charge in [-0.2, -0.15) is 13.2 Å². The van der Waals surface area contributed by atoms with Crippen molar-refractivity contribution < 1.29 is 18.0 Å². The van der Waals surface area contributed by atoms with Crippen LogP contribution >= 0.6 is 0 Å². The number of hydrogen-bond donors (Lipinski definition) is 1. The molecule has 0 bridgehead atoms. The molecule has 1 N–H and O–H groups in total. The largest absolute Gasteiger partial charge is 0.418 e. The third-order valence-electron chi connectivity index (χ3n) is 6.96. The normalized spacial score (nSPS) is 16.2. The number of aromatic nitrogens is 3. The highest BCUT2D eigenvalue weighted by Crippen LogP contribution is 2.43. The number of anilines is 2. The molecule has 0 unspecified atom stereocenters. The van der Waals surface area contributed by atoms with Crippen molar-refractivity contribution in [1.82, 2.24) is 19.9 Å². The Labute approximate surface area is 225 Å². The van der Waals surface area contributed by atoms with Crippen LogP contribution < -0.4 is 10.2 Å². The van der Waals surface area contributed by atoms with Gasteiger partial charge in [0.15, 0.2) is 0 Å². The standard InChI is InChI=1S/C28H32F3N7O/c1-18(2)16-36(3)26-13-25-24(12-22(26)28(29,30)31)34-27(39)14-23(33-25)19-7-6-8-20(11-19)38-21(15-32-35-38)17-37-9-4-5-10-37/h6-8,11-13,15,18H,4-5,9-10,14,16-17H2,1-3H3,(H,34,39). The highest BCUT2D eigenvalue weighted by atomic mass is 19.4. The van der Waals surface area contributed by atoms with Gasteiger partial charge in [0, 0.05) is 20.1 Å². The van der Waals surface area contributed by atoms with E-state index in [2.05, 4.69) is 20.5 Å². The number of halogens is 3. The molecule has 39 heavy (non-hydrogen) atoms. The van der Waals surface area contributed by atoms with Gasteiger partial charge < -0.3 is 10.2 Å². The molecular formula is C28H32F3N7O. The van der Waals surface area contributed by atoms with Gasteiger partial charge >= 0.3 is 6.18 Å². The van der Waals surface area contributed by atoms with Gasteiger partial charge in [-0.15, -0.1) is 5.10 Å². The number of carbonyl (C=O) groups is 1. The summed E-state index contributed by atoms with van der Waals surface area (Å²) in [7, 11) is 1.64. The van der Waals surface area contributed by atoms with E-state index in [-0.39, 0.29) is 29.4 Å². The van der Waals surface area contributed by atoms with Crippen molar-refractivity contribution in [2.45, 2.75) is 45.8 Å². The number of benzene rings is 2. The van der Waals surface area contributed by atoms with E-state index in [9.17, 15) is 18.0 Å². The molecule has 0 spiro atoms. The van der Waals surface area contributed by atoms with Crippen molar-refractivity contribution in [3.05, 3.63) is 59.4 Å². The van der Waals surface area contributed by atoms with Crippen LogP contribution in [0.3, 0.4) is 0 Å². The fourth-order valence-electron chi connectivity index (χ4n) is 5.23. The van der Waals surface area contributed by atoms with Gasteiger partial charge in [-0.3, -0.25) is 14.7 Å². The molecule has 206 valence electrons. The molecule has 2 aromatic carbocycles. The summed E-state index contributed by atoms with van der Waals surface area (Å²) in [5, 5.41) is 11.0. The smallest absolute Gasteiger partial charge is 0.374 e. The molecule has 0 radical (unpaired) electrons. The number of hydrogen-bond acceptors (Lipinski definition) is 6. The number of nitrogens with one attached hydrogen (secondary N) is 1. The van der Waals surface area contributed by atoms with E-state index in [1.807, 2.05) is 38.1 Å². The van der Waals surface area contributed by atoms with Crippen molar-refractivity contribution in [1.29, 1.82) is 0 Å². The summed E-state index contributed by atoms with van der Waals surface area (Å²) in [6, 6.07) is 9.89. The summed E-state index contributed by atoms with van der Waals surface area (Å²) < 4.78 is 43.8. The van der Waals surface area contributed by atoms with Crippen LogP contribution in [0, 0.1) is 5.92 Å². The number of carbonyl (C=O) groups excluding carboxylic acids is 1. The SMILES string of the molecule is CC(C)CN(C)c1cc2c(cc1C(F)(F)F)NC(=O)CC(c1cccc(-n3nncc3CN3CCCC3)c1)=N2. The van der Waals surface area contributed by atoms with Crippen molar-refractivity contribution in [2.75, 3.05) is 36.9 Å². The molecule has 11 heteroatoms. The van der Waals surface area contributed by atoms with E-state index in [1.54, 1.807) is 22.8 Å². The zero-order chi connectivity index (χ0) is 27.7.